The third-order valence-corrected chi connectivity index (χ3v) is 5.74. The highest BCUT2D eigenvalue weighted by Gasteiger charge is 2.38. The number of carboxylic acid groups (broad SMARTS) is 1. The van der Waals surface area contributed by atoms with Gasteiger partial charge in [0.05, 0.1) is 35.5 Å². The van der Waals surface area contributed by atoms with E-state index in [9.17, 15) is 21.6 Å². The van der Waals surface area contributed by atoms with Gasteiger partial charge in [0, 0.05) is 39.9 Å². The molecule has 0 atom stereocenters. The minimum absolute atomic E-state index is 0.256. The number of aromatic nitrogens is 4. The number of nitrogens with zero attached hydrogens (tertiary/aromatic N) is 3. The molecule has 3 N–H and O–H groups in total. The number of aromatic amines is 1. The molecule has 0 unspecified atom stereocenters. The van der Waals surface area contributed by atoms with E-state index in [-0.39, 0.29) is 11.3 Å². The van der Waals surface area contributed by atoms with Crippen molar-refractivity contribution >= 4 is 43.6 Å². The Balaban J connectivity index is 0.000000426. The summed E-state index contributed by atoms with van der Waals surface area (Å²) in [6, 6.07) is 12.2. The summed E-state index contributed by atoms with van der Waals surface area (Å²) in [5, 5.41) is 8.39. The van der Waals surface area contributed by atoms with Crippen molar-refractivity contribution in [2.24, 2.45) is 0 Å². The van der Waals surface area contributed by atoms with Crippen LogP contribution in [0.4, 0.5) is 23.2 Å². The molecule has 5 aromatic rings. The van der Waals surface area contributed by atoms with Gasteiger partial charge >= 0.3 is 12.1 Å². The van der Waals surface area contributed by atoms with Gasteiger partial charge in [-0.05, 0) is 24.3 Å². The van der Waals surface area contributed by atoms with Crippen LogP contribution in [0.2, 0.25) is 0 Å². The van der Waals surface area contributed by atoms with Gasteiger partial charge in [0.15, 0.2) is 0 Å². The number of hydrogen-bond acceptors (Lipinski definition) is 6. The Morgan fingerprint density at radius 3 is 2.39 bits per heavy atom. The number of benzene rings is 1. The highest BCUT2D eigenvalue weighted by molar-refractivity contribution is 7.92. The van der Waals surface area contributed by atoms with E-state index < -0.39 is 28.0 Å². The van der Waals surface area contributed by atoms with E-state index >= 15 is 4.39 Å². The van der Waals surface area contributed by atoms with Crippen molar-refractivity contribution < 1.29 is 35.9 Å². The molecule has 0 fully saturated rings. The predicted molar refractivity (Wildman–Crippen MR) is 132 cm³/mol. The van der Waals surface area contributed by atoms with Gasteiger partial charge in [0.2, 0.25) is 10.0 Å². The monoisotopic (exact) mass is 547 g/mol. The molecule has 0 aliphatic carbocycles. The number of para-hydroxylation sites is 1. The first-order valence-corrected chi connectivity index (χ1v) is 12.5. The van der Waals surface area contributed by atoms with Crippen molar-refractivity contribution in [3.63, 3.8) is 0 Å². The molecule has 5 rings (SSSR count). The molecule has 38 heavy (non-hydrogen) atoms. The average Bonchev–Trinajstić information content (AvgIpc) is 3.22. The van der Waals surface area contributed by atoms with Crippen LogP contribution in [-0.2, 0) is 14.8 Å². The fraction of sp³-hybridized carbons (Fsp3) is 0.0833. The summed E-state index contributed by atoms with van der Waals surface area (Å²) in [6.07, 6.45) is 2.14. The van der Waals surface area contributed by atoms with Crippen LogP contribution in [0.5, 0.6) is 0 Å². The van der Waals surface area contributed by atoms with E-state index in [0.717, 1.165) is 23.4 Å². The van der Waals surface area contributed by atoms with Crippen LogP contribution >= 0.6 is 0 Å². The third-order valence-electron chi connectivity index (χ3n) is 5.15. The van der Waals surface area contributed by atoms with Crippen molar-refractivity contribution in [3.8, 4) is 22.4 Å². The summed E-state index contributed by atoms with van der Waals surface area (Å²) in [7, 11) is -3.56. The molecule has 0 aliphatic rings. The molecule has 0 saturated carbocycles. The highest BCUT2D eigenvalue weighted by atomic mass is 32.2. The maximum atomic E-state index is 15.2. The summed E-state index contributed by atoms with van der Waals surface area (Å²) >= 11 is 0. The van der Waals surface area contributed by atoms with Gasteiger partial charge in [-0.25, -0.2) is 22.6 Å². The lowest BCUT2D eigenvalue weighted by atomic mass is 9.99. The first kappa shape index (κ1) is 26.5. The number of H-pyrrole nitrogens is 1. The van der Waals surface area contributed by atoms with Gasteiger partial charge in [-0.1, -0.05) is 18.2 Å². The highest BCUT2D eigenvalue weighted by Crippen LogP contribution is 2.39. The SMILES string of the molecule is CS(=O)(=O)Nc1ccccc1-c1c(F)cnc2[nH]c3cnc(-c4cccnc4)cc3c12.O=C(O)C(F)(F)F. The predicted octanol–water partition coefficient (Wildman–Crippen LogP) is 4.98. The first-order chi connectivity index (χ1) is 17.8. The molecule has 0 radical (unpaired) electrons. The second-order valence-corrected chi connectivity index (χ2v) is 9.66. The standard InChI is InChI=1S/C22H16FN5O2S.C2HF3O2/c1-31(29,30)28-17-7-3-2-6-14(17)20-16(23)11-26-22-21(20)15-9-18(25-12-19(15)27-22)13-5-4-8-24-10-13;3-2(4,5)1(6)7/h2-12,28H,1H3,(H,26,27);(H,6,7). The third kappa shape index (κ3) is 5.70. The van der Waals surface area contributed by atoms with Crippen LogP contribution < -0.4 is 4.72 Å². The van der Waals surface area contributed by atoms with E-state index in [1.54, 1.807) is 42.9 Å². The smallest absolute Gasteiger partial charge is 0.475 e. The zero-order valence-corrected chi connectivity index (χ0v) is 20.1. The van der Waals surface area contributed by atoms with Crippen LogP contribution in [0.1, 0.15) is 0 Å². The number of rotatable bonds is 4. The number of alkyl halides is 3. The topological polar surface area (TPSA) is 138 Å². The normalized spacial score (nSPS) is 11.7. The zero-order valence-electron chi connectivity index (χ0n) is 19.3. The molecule has 14 heteroatoms. The average molecular weight is 547 g/mol. The second-order valence-electron chi connectivity index (χ2n) is 7.91. The molecule has 0 amide bonds. The molecule has 1 aromatic carbocycles. The number of aliphatic carboxylic acids is 1. The van der Waals surface area contributed by atoms with Crippen LogP contribution in [-0.4, -0.2) is 51.9 Å². The summed E-state index contributed by atoms with van der Waals surface area (Å²) in [5.41, 5.74) is 3.63. The summed E-state index contributed by atoms with van der Waals surface area (Å²) in [4.78, 5) is 24.9. The second kappa shape index (κ2) is 10.0. The van der Waals surface area contributed by atoms with Crippen LogP contribution in [0.25, 0.3) is 44.3 Å². The lowest BCUT2D eigenvalue weighted by molar-refractivity contribution is -0.192. The number of pyridine rings is 3. The Morgan fingerprint density at radius 2 is 1.76 bits per heavy atom. The summed E-state index contributed by atoms with van der Waals surface area (Å²) < 4.78 is 73.1. The lowest BCUT2D eigenvalue weighted by Gasteiger charge is -2.12. The van der Waals surface area contributed by atoms with Crippen LogP contribution in [0, 0.1) is 5.82 Å². The van der Waals surface area contributed by atoms with Gasteiger partial charge < -0.3 is 10.1 Å². The maximum Gasteiger partial charge on any atom is 0.490 e. The number of anilines is 1. The van der Waals surface area contributed by atoms with E-state index in [2.05, 4.69) is 24.7 Å². The molecule has 4 heterocycles. The summed E-state index contributed by atoms with van der Waals surface area (Å²) in [6.45, 7) is 0. The molecular formula is C24H17F4N5O4S. The molecule has 4 aromatic heterocycles. The zero-order chi connectivity index (χ0) is 27.7. The Bertz CT molecular complexity index is 1760. The molecular weight excluding hydrogens is 530 g/mol. The number of nitrogens with one attached hydrogen (secondary N) is 2. The minimum atomic E-state index is -5.08. The van der Waals surface area contributed by atoms with Gasteiger partial charge in [-0.3, -0.25) is 14.7 Å². The van der Waals surface area contributed by atoms with Gasteiger partial charge in [0.25, 0.3) is 0 Å². The van der Waals surface area contributed by atoms with Crippen LogP contribution in [0.15, 0.2) is 67.3 Å². The van der Waals surface area contributed by atoms with Crippen molar-refractivity contribution in [3.05, 3.63) is 73.1 Å². The van der Waals surface area contributed by atoms with Gasteiger partial charge in [0.1, 0.15) is 11.5 Å². The Kier molecular flexibility index (Phi) is 7.00. The van der Waals surface area contributed by atoms with E-state index in [1.807, 2.05) is 18.2 Å². The van der Waals surface area contributed by atoms with Crippen molar-refractivity contribution in [2.75, 3.05) is 11.0 Å². The molecule has 0 aliphatic heterocycles. The van der Waals surface area contributed by atoms with Crippen molar-refractivity contribution in [1.29, 1.82) is 0 Å². The molecule has 9 nitrogen and oxygen atoms in total. The first-order valence-electron chi connectivity index (χ1n) is 10.6. The van der Waals surface area contributed by atoms with Crippen molar-refractivity contribution in [1.82, 2.24) is 19.9 Å². The molecule has 196 valence electrons. The Morgan fingerprint density at radius 1 is 1.05 bits per heavy atom. The van der Waals surface area contributed by atoms with E-state index in [0.29, 0.717) is 27.8 Å². The number of fused-ring (bicyclic) bond motifs is 3. The maximum absolute atomic E-state index is 15.2. The Hall–Kier alpha value is -4.59. The largest absolute Gasteiger partial charge is 0.490 e. The number of halogens is 4. The van der Waals surface area contributed by atoms with Crippen molar-refractivity contribution in [2.45, 2.75) is 6.18 Å². The number of sulfonamides is 1. The lowest BCUT2D eigenvalue weighted by Crippen LogP contribution is -2.21. The quantitative estimate of drug-likeness (QED) is 0.270. The van der Waals surface area contributed by atoms with E-state index in [1.165, 1.54) is 0 Å². The fourth-order valence-electron chi connectivity index (χ4n) is 3.66. The van der Waals surface area contributed by atoms with E-state index in [4.69, 9.17) is 9.90 Å². The van der Waals surface area contributed by atoms with Crippen LogP contribution in [0.3, 0.4) is 0 Å². The number of carboxylic acids is 1. The minimum Gasteiger partial charge on any atom is -0.475 e. The van der Waals surface area contributed by atoms with Gasteiger partial charge in [-0.2, -0.15) is 13.2 Å². The molecule has 0 bridgehead atoms. The van der Waals surface area contributed by atoms with Gasteiger partial charge in [-0.15, -0.1) is 0 Å². The summed E-state index contributed by atoms with van der Waals surface area (Å²) in [5.74, 6) is -3.32. The number of hydrogen-bond donors (Lipinski definition) is 3. The molecule has 0 spiro atoms. The fourth-order valence-corrected chi connectivity index (χ4v) is 4.24. The molecule has 0 saturated heterocycles. The Labute approximate surface area is 212 Å². The number of carbonyl (C=O) groups is 1.